The van der Waals surface area contributed by atoms with Gasteiger partial charge in [-0.2, -0.15) is 0 Å². The Bertz CT molecular complexity index is 1310. The fraction of sp³-hybridized carbons (Fsp3) is 0.273. The normalized spacial score (nSPS) is 18.3. The molecule has 5 heteroatoms. The molecule has 0 amide bonds. The van der Waals surface area contributed by atoms with Crippen LogP contribution in [0.5, 0.6) is 0 Å². The van der Waals surface area contributed by atoms with Crippen molar-refractivity contribution in [1.29, 1.82) is 0 Å². The first-order valence-electron chi connectivity index (χ1n) is 13.4. The van der Waals surface area contributed by atoms with Crippen molar-refractivity contribution in [3.8, 4) is 0 Å². The van der Waals surface area contributed by atoms with Crippen LogP contribution in [0.15, 0.2) is 108 Å². The van der Waals surface area contributed by atoms with Crippen molar-refractivity contribution in [3.05, 3.63) is 125 Å². The lowest BCUT2D eigenvalue weighted by molar-refractivity contribution is -0.143. The summed E-state index contributed by atoms with van der Waals surface area (Å²) in [5.74, 6) is -1.02. The summed E-state index contributed by atoms with van der Waals surface area (Å²) >= 11 is 0. The van der Waals surface area contributed by atoms with Crippen LogP contribution in [0.2, 0.25) is 0 Å². The number of benzene rings is 3. The third kappa shape index (κ3) is 4.43. The average Bonchev–Trinajstić information content (AvgIpc) is 3.39. The highest BCUT2D eigenvalue weighted by Crippen LogP contribution is 2.50. The molecule has 1 unspecified atom stereocenters. The highest BCUT2D eigenvalue weighted by atomic mass is 16.5. The van der Waals surface area contributed by atoms with E-state index in [0.29, 0.717) is 12.1 Å². The lowest BCUT2D eigenvalue weighted by atomic mass is 9.67. The van der Waals surface area contributed by atoms with Gasteiger partial charge in [-0.15, -0.1) is 0 Å². The second-order valence-electron chi connectivity index (χ2n) is 9.54. The fourth-order valence-corrected chi connectivity index (χ4v) is 5.99. The van der Waals surface area contributed by atoms with E-state index < -0.39 is 17.4 Å². The predicted molar refractivity (Wildman–Crippen MR) is 148 cm³/mol. The molecular formula is C33H33NO4. The van der Waals surface area contributed by atoms with Crippen LogP contribution >= 0.6 is 0 Å². The Morgan fingerprint density at radius 1 is 0.789 bits per heavy atom. The third-order valence-electron chi connectivity index (χ3n) is 7.48. The van der Waals surface area contributed by atoms with Crippen molar-refractivity contribution >= 4 is 17.5 Å². The van der Waals surface area contributed by atoms with Crippen LogP contribution in [0.3, 0.4) is 0 Å². The van der Waals surface area contributed by atoms with Crippen LogP contribution < -0.4 is 0 Å². The number of esters is 2. The number of rotatable bonds is 7. The number of nitrogens with zero attached hydrogens (tertiary/aromatic N) is 1. The number of hydrogen-bond acceptors (Lipinski definition) is 5. The lowest BCUT2D eigenvalue weighted by Crippen LogP contribution is -2.47. The molecule has 5 rings (SSSR count). The molecule has 5 nitrogen and oxygen atoms in total. The first-order chi connectivity index (χ1) is 18.6. The Kier molecular flexibility index (Phi) is 7.45. The van der Waals surface area contributed by atoms with Crippen molar-refractivity contribution in [2.45, 2.75) is 38.1 Å². The van der Waals surface area contributed by atoms with Gasteiger partial charge in [0.2, 0.25) is 0 Å². The van der Waals surface area contributed by atoms with Crippen molar-refractivity contribution in [3.63, 3.8) is 0 Å². The fourth-order valence-electron chi connectivity index (χ4n) is 5.99. The van der Waals surface area contributed by atoms with Crippen LogP contribution in [-0.4, -0.2) is 42.6 Å². The topological polar surface area (TPSA) is 55.8 Å². The molecule has 2 heterocycles. The summed E-state index contributed by atoms with van der Waals surface area (Å²) in [6.07, 6.45) is 3.94. The second-order valence-corrected chi connectivity index (χ2v) is 9.54. The van der Waals surface area contributed by atoms with E-state index >= 15 is 0 Å². The van der Waals surface area contributed by atoms with Crippen LogP contribution in [0, 0.1) is 0 Å². The largest absolute Gasteiger partial charge is 0.462 e. The molecule has 0 N–H and O–H groups in total. The molecule has 0 aromatic heterocycles. The van der Waals surface area contributed by atoms with Gasteiger partial charge in [0, 0.05) is 12.6 Å². The molecule has 3 aromatic rings. The van der Waals surface area contributed by atoms with E-state index in [2.05, 4.69) is 35.2 Å². The second kappa shape index (κ2) is 11.1. The molecule has 2 aliphatic heterocycles. The summed E-state index contributed by atoms with van der Waals surface area (Å²) in [4.78, 5) is 29.6. The molecule has 2 aliphatic rings. The number of carbonyl (C=O) groups is 2. The van der Waals surface area contributed by atoms with Crippen LogP contribution in [0.1, 0.15) is 43.4 Å². The van der Waals surface area contributed by atoms with E-state index in [1.165, 1.54) is 0 Å². The maximum absolute atomic E-state index is 13.8. The van der Waals surface area contributed by atoms with Crippen molar-refractivity contribution in [2.24, 2.45) is 0 Å². The SMILES string of the molecule is CCOC(=O)C1=C(C(=O)OCC)N2CCCC2C(c2ccccc2)(c2ccccc2)C=C1c1ccccc1. The van der Waals surface area contributed by atoms with E-state index in [4.69, 9.17) is 9.47 Å². The number of fused-ring (bicyclic) bond motifs is 1. The predicted octanol–water partition coefficient (Wildman–Crippen LogP) is 5.91. The Hall–Kier alpha value is -4.12. The van der Waals surface area contributed by atoms with E-state index in [1.807, 2.05) is 66.7 Å². The Balaban J connectivity index is 1.92. The molecule has 3 aromatic carbocycles. The highest BCUT2D eigenvalue weighted by molar-refractivity contribution is 6.13. The summed E-state index contributed by atoms with van der Waals surface area (Å²) < 4.78 is 11.2. The molecule has 0 spiro atoms. The molecule has 38 heavy (non-hydrogen) atoms. The first kappa shape index (κ1) is 25.5. The number of hydrogen-bond donors (Lipinski definition) is 0. The van der Waals surface area contributed by atoms with Gasteiger partial charge in [-0.25, -0.2) is 9.59 Å². The average molecular weight is 508 g/mol. The molecule has 0 radical (unpaired) electrons. The standard InChI is InChI=1S/C33H33NO4/c1-3-37-31(35)29-27(24-15-8-5-9-16-24)23-33(25-17-10-6-11-18-25,26-19-12-7-13-20-26)28-21-14-22-34(28)30(29)32(36)38-4-2/h5-13,15-20,23,28H,3-4,14,21-22H2,1-2H3. The smallest absolute Gasteiger partial charge is 0.355 e. The van der Waals surface area contributed by atoms with E-state index in [1.54, 1.807) is 13.8 Å². The quantitative estimate of drug-likeness (QED) is 0.372. The number of ether oxygens (including phenoxy) is 2. The zero-order chi connectivity index (χ0) is 26.5. The zero-order valence-corrected chi connectivity index (χ0v) is 21.9. The van der Waals surface area contributed by atoms with Crippen molar-refractivity contribution in [2.75, 3.05) is 19.8 Å². The van der Waals surface area contributed by atoms with Gasteiger partial charge in [0.25, 0.3) is 0 Å². The number of carbonyl (C=O) groups excluding carboxylic acids is 2. The maximum Gasteiger partial charge on any atom is 0.355 e. The molecule has 194 valence electrons. The summed E-state index contributed by atoms with van der Waals surface area (Å²) in [7, 11) is 0. The van der Waals surface area contributed by atoms with Gasteiger partial charge >= 0.3 is 11.9 Å². The summed E-state index contributed by atoms with van der Waals surface area (Å²) in [5, 5.41) is 0. The van der Waals surface area contributed by atoms with Crippen LogP contribution in [-0.2, 0) is 24.5 Å². The maximum atomic E-state index is 13.8. The monoisotopic (exact) mass is 507 g/mol. The van der Waals surface area contributed by atoms with Crippen LogP contribution in [0.25, 0.3) is 5.57 Å². The van der Waals surface area contributed by atoms with Gasteiger partial charge in [0.1, 0.15) is 5.70 Å². The third-order valence-corrected chi connectivity index (χ3v) is 7.48. The molecule has 1 saturated heterocycles. The lowest BCUT2D eigenvalue weighted by Gasteiger charge is -2.42. The van der Waals surface area contributed by atoms with E-state index in [9.17, 15) is 9.59 Å². The summed E-state index contributed by atoms with van der Waals surface area (Å²) in [6.45, 7) is 4.62. The first-order valence-corrected chi connectivity index (χ1v) is 13.4. The van der Waals surface area contributed by atoms with Gasteiger partial charge in [-0.05, 0) is 49.0 Å². The van der Waals surface area contributed by atoms with Gasteiger partial charge in [-0.1, -0.05) is 97.1 Å². The Morgan fingerprint density at radius 2 is 1.32 bits per heavy atom. The van der Waals surface area contributed by atoms with Gasteiger partial charge in [-0.3, -0.25) is 0 Å². The highest BCUT2D eigenvalue weighted by Gasteiger charge is 2.51. The van der Waals surface area contributed by atoms with Gasteiger partial charge in [0.15, 0.2) is 0 Å². The summed E-state index contributed by atoms with van der Waals surface area (Å²) in [6, 6.07) is 30.5. The minimum absolute atomic E-state index is 0.114. The molecular weight excluding hydrogens is 474 g/mol. The molecule has 0 aliphatic carbocycles. The summed E-state index contributed by atoms with van der Waals surface area (Å²) in [5.41, 5.74) is 3.63. The molecule has 0 bridgehead atoms. The minimum atomic E-state index is -0.643. The minimum Gasteiger partial charge on any atom is -0.462 e. The van der Waals surface area contributed by atoms with E-state index in [0.717, 1.165) is 29.5 Å². The van der Waals surface area contributed by atoms with Crippen LogP contribution in [0.4, 0.5) is 0 Å². The molecule has 0 saturated carbocycles. The van der Waals surface area contributed by atoms with Gasteiger partial charge < -0.3 is 14.4 Å². The zero-order valence-electron chi connectivity index (χ0n) is 21.9. The van der Waals surface area contributed by atoms with Gasteiger partial charge in [0.05, 0.1) is 24.2 Å². The molecule has 1 atom stereocenters. The Labute approximate surface area is 224 Å². The molecule has 1 fully saturated rings. The van der Waals surface area contributed by atoms with Crippen molar-refractivity contribution in [1.82, 2.24) is 4.90 Å². The van der Waals surface area contributed by atoms with E-state index in [-0.39, 0.29) is 30.5 Å². The van der Waals surface area contributed by atoms with Crippen molar-refractivity contribution < 1.29 is 19.1 Å². The Morgan fingerprint density at radius 3 is 1.87 bits per heavy atom.